The largest absolute Gasteiger partial charge is 0.388 e. The minimum absolute atomic E-state index is 0.361. The van der Waals surface area contributed by atoms with E-state index in [0.717, 1.165) is 5.56 Å². The van der Waals surface area contributed by atoms with Crippen LogP contribution in [-0.2, 0) is 6.42 Å². The molecule has 1 unspecified atom stereocenters. The van der Waals surface area contributed by atoms with Gasteiger partial charge in [0.05, 0.1) is 12.3 Å². The number of aliphatic hydroxyl groups is 1. The lowest BCUT2D eigenvalue weighted by Crippen LogP contribution is -2.04. The molecule has 6 heteroatoms. The van der Waals surface area contributed by atoms with Crippen LogP contribution in [0.2, 0.25) is 10.0 Å². The van der Waals surface area contributed by atoms with Gasteiger partial charge in [-0.25, -0.2) is 0 Å². The number of hydrogen-bond acceptors (Lipinski definition) is 3. The first-order chi connectivity index (χ1) is 8.08. The van der Waals surface area contributed by atoms with Crippen molar-refractivity contribution in [2.45, 2.75) is 12.5 Å². The molecule has 1 aromatic heterocycles. The zero-order valence-electron chi connectivity index (χ0n) is 8.82. The molecule has 0 saturated heterocycles. The Morgan fingerprint density at radius 2 is 2.18 bits per heavy atom. The topological polar surface area (TPSA) is 74.9 Å². The van der Waals surface area contributed by atoms with Gasteiger partial charge in [0.2, 0.25) is 0 Å². The van der Waals surface area contributed by atoms with Crippen LogP contribution in [0.3, 0.4) is 0 Å². The number of benzene rings is 1. The van der Waals surface area contributed by atoms with E-state index in [-0.39, 0.29) is 0 Å². The first-order valence-electron chi connectivity index (χ1n) is 4.98. The Labute approximate surface area is 108 Å². The van der Waals surface area contributed by atoms with E-state index < -0.39 is 6.10 Å². The molecule has 90 valence electrons. The van der Waals surface area contributed by atoms with Crippen molar-refractivity contribution in [3.05, 3.63) is 45.6 Å². The number of halogens is 2. The summed E-state index contributed by atoms with van der Waals surface area (Å²) in [6.45, 7) is 0. The minimum atomic E-state index is -0.743. The highest BCUT2D eigenvalue weighted by Crippen LogP contribution is 2.27. The molecule has 1 atom stereocenters. The molecule has 0 aliphatic heterocycles. The summed E-state index contributed by atoms with van der Waals surface area (Å²) < 4.78 is 0. The number of aliphatic hydroxyl groups excluding tert-OH is 1. The van der Waals surface area contributed by atoms with Gasteiger partial charge < -0.3 is 10.8 Å². The smallest absolute Gasteiger partial charge is 0.124 e. The van der Waals surface area contributed by atoms with Crippen LogP contribution in [0.4, 0.5) is 5.82 Å². The molecular formula is C11H11Cl2N3O. The molecule has 0 saturated carbocycles. The lowest BCUT2D eigenvalue weighted by Gasteiger charge is -2.11. The van der Waals surface area contributed by atoms with Crippen LogP contribution in [0.25, 0.3) is 0 Å². The van der Waals surface area contributed by atoms with Gasteiger partial charge in [0.1, 0.15) is 5.82 Å². The highest BCUT2D eigenvalue weighted by atomic mass is 35.5. The number of hydrogen-bond donors (Lipinski definition) is 3. The average molecular weight is 272 g/mol. The molecule has 0 fully saturated rings. The van der Waals surface area contributed by atoms with Gasteiger partial charge in [-0.3, -0.25) is 5.10 Å². The predicted octanol–water partition coefficient (Wildman–Crippen LogP) is 2.57. The van der Waals surface area contributed by atoms with E-state index in [2.05, 4.69) is 10.2 Å². The highest BCUT2D eigenvalue weighted by molar-refractivity contribution is 6.35. The van der Waals surface area contributed by atoms with E-state index in [1.807, 2.05) is 0 Å². The van der Waals surface area contributed by atoms with Gasteiger partial charge in [0, 0.05) is 22.0 Å². The summed E-state index contributed by atoms with van der Waals surface area (Å²) in [5, 5.41) is 17.4. The number of rotatable bonds is 3. The van der Waals surface area contributed by atoms with Crippen LogP contribution >= 0.6 is 23.2 Å². The molecule has 0 spiro atoms. The van der Waals surface area contributed by atoms with Gasteiger partial charge in [0.25, 0.3) is 0 Å². The Kier molecular flexibility index (Phi) is 3.57. The van der Waals surface area contributed by atoms with Crippen molar-refractivity contribution in [2.24, 2.45) is 0 Å². The van der Waals surface area contributed by atoms with Crippen LogP contribution in [0.5, 0.6) is 0 Å². The maximum Gasteiger partial charge on any atom is 0.124 e. The van der Waals surface area contributed by atoms with Crippen molar-refractivity contribution in [3.63, 3.8) is 0 Å². The van der Waals surface area contributed by atoms with Crippen LogP contribution in [0, 0.1) is 0 Å². The van der Waals surface area contributed by atoms with Gasteiger partial charge >= 0.3 is 0 Å². The summed E-state index contributed by atoms with van der Waals surface area (Å²) in [6.07, 6.45) is 1.12. The molecule has 1 heterocycles. The number of H-pyrrole nitrogens is 1. The standard InChI is InChI=1S/C11H11Cl2N3O/c12-7-2-1-6(9(13)4-7)3-10(17)8-5-15-16-11(8)14/h1-2,4-5,10,17H,3H2,(H3,14,15,16). The summed E-state index contributed by atoms with van der Waals surface area (Å²) in [4.78, 5) is 0. The van der Waals surface area contributed by atoms with E-state index in [0.29, 0.717) is 27.8 Å². The number of aromatic amines is 1. The monoisotopic (exact) mass is 271 g/mol. The molecule has 17 heavy (non-hydrogen) atoms. The first-order valence-corrected chi connectivity index (χ1v) is 5.74. The summed E-state index contributed by atoms with van der Waals surface area (Å²) in [5.41, 5.74) is 7.00. The van der Waals surface area contributed by atoms with Crippen molar-refractivity contribution in [3.8, 4) is 0 Å². The molecule has 0 aliphatic rings. The van der Waals surface area contributed by atoms with Gasteiger partial charge in [0.15, 0.2) is 0 Å². The number of nitrogen functional groups attached to an aromatic ring is 1. The molecule has 2 aromatic rings. The number of anilines is 1. The number of aromatic nitrogens is 2. The third-order valence-corrected chi connectivity index (χ3v) is 3.07. The zero-order chi connectivity index (χ0) is 12.4. The summed E-state index contributed by atoms with van der Waals surface area (Å²) in [6, 6.07) is 5.16. The van der Waals surface area contributed by atoms with E-state index in [4.69, 9.17) is 28.9 Å². The van der Waals surface area contributed by atoms with Crippen LogP contribution in [-0.4, -0.2) is 15.3 Å². The van der Waals surface area contributed by atoms with Crippen LogP contribution in [0.15, 0.2) is 24.4 Å². The lowest BCUT2D eigenvalue weighted by molar-refractivity contribution is 0.179. The summed E-state index contributed by atoms with van der Waals surface area (Å²) in [7, 11) is 0. The molecule has 0 bridgehead atoms. The molecule has 4 N–H and O–H groups in total. The van der Waals surface area contributed by atoms with Crippen molar-refractivity contribution in [1.82, 2.24) is 10.2 Å². The molecule has 2 rings (SSSR count). The first kappa shape index (κ1) is 12.2. The Bertz CT molecular complexity index is 527. The molecule has 4 nitrogen and oxygen atoms in total. The van der Waals surface area contributed by atoms with Gasteiger partial charge in [-0.05, 0) is 17.7 Å². The Balaban J connectivity index is 2.19. The van der Waals surface area contributed by atoms with Crippen LogP contribution < -0.4 is 5.73 Å². The fourth-order valence-electron chi connectivity index (χ4n) is 1.58. The van der Waals surface area contributed by atoms with Crippen molar-refractivity contribution < 1.29 is 5.11 Å². The normalized spacial score (nSPS) is 12.6. The van der Waals surface area contributed by atoms with Gasteiger partial charge in [-0.15, -0.1) is 0 Å². The average Bonchev–Trinajstić information content (AvgIpc) is 2.68. The summed E-state index contributed by atoms with van der Waals surface area (Å²) in [5.74, 6) is 0.364. The van der Waals surface area contributed by atoms with Crippen LogP contribution in [0.1, 0.15) is 17.2 Å². The second kappa shape index (κ2) is 4.96. The van der Waals surface area contributed by atoms with E-state index in [1.165, 1.54) is 6.20 Å². The third kappa shape index (κ3) is 2.72. The SMILES string of the molecule is Nc1[nH]ncc1C(O)Cc1ccc(Cl)cc1Cl. The maximum absolute atomic E-state index is 10.0. The predicted molar refractivity (Wildman–Crippen MR) is 68.1 cm³/mol. The zero-order valence-corrected chi connectivity index (χ0v) is 10.3. The van der Waals surface area contributed by atoms with Crippen molar-refractivity contribution in [1.29, 1.82) is 0 Å². The summed E-state index contributed by atoms with van der Waals surface area (Å²) >= 11 is 11.8. The molecular weight excluding hydrogens is 261 g/mol. The molecule has 0 radical (unpaired) electrons. The minimum Gasteiger partial charge on any atom is -0.388 e. The Morgan fingerprint density at radius 1 is 1.41 bits per heavy atom. The number of nitrogens with two attached hydrogens (primary N) is 1. The number of nitrogens with one attached hydrogen (secondary N) is 1. The van der Waals surface area contributed by atoms with Gasteiger partial charge in [-0.1, -0.05) is 29.3 Å². The fourth-order valence-corrected chi connectivity index (χ4v) is 2.06. The van der Waals surface area contributed by atoms with E-state index in [1.54, 1.807) is 18.2 Å². The maximum atomic E-state index is 10.0. The molecule has 1 aromatic carbocycles. The van der Waals surface area contributed by atoms with Crippen molar-refractivity contribution in [2.75, 3.05) is 5.73 Å². The fraction of sp³-hybridized carbons (Fsp3) is 0.182. The highest BCUT2D eigenvalue weighted by Gasteiger charge is 2.15. The van der Waals surface area contributed by atoms with E-state index in [9.17, 15) is 5.11 Å². The van der Waals surface area contributed by atoms with Gasteiger partial charge in [-0.2, -0.15) is 5.10 Å². The second-order valence-corrected chi connectivity index (χ2v) is 4.54. The van der Waals surface area contributed by atoms with Crippen molar-refractivity contribution >= 4 is 29.0 Å². The number of nitrogens with zero attached hydrogens (tertiary/aromatic N) is 1. The van der Waals surface area contributed by atoms with E-state index >= 15 is 0 Å². The molecule has 0 aliphatic carbocycles. The molecule has 0 amide bonds. The third-order valence-electron chi connectivity index (χ3n) is 2.49. The lowest BCUT2D eigenvalue weighted by atomic mass is 10.0. The Morgan fingerprint density at radius 3 is 2.76 bits per heavy atom. The quantitative estimate of drug-likeness (QED) is 0.803. The Hall–Kier alpha value is -1.23. The second-order valence-electron chi connectivity index (χ2n) is 3.69.